The molecule has 2 aromatic heterocycles. The number of rotatable bonds is 2. The van der Waals surface area contributed by atoms with Crippen molar-refractivity contribution in [1.29, 1.82) is 0 Å². The van der Waals surface area contributed by atoms with Gasteiger partial charge in [0.05, 0.1) is 0 Å². The molecule has 0 aromatic carbocycles. The van der Waals surface area contributed by atoms with Crippen molar-refractivity contribution >= 4 is 5.78 Å². The van der Waals surface area contributed by atoms with Crippen LogP contribution in [-0.4, -0.2) is 20.7 Å². The molecule has 2 heterocycles. The van der Waals surface area contributed by atoms with E-state index in [-0.39, 0.29) is 5.78 Å². The molecular weight excluding hydrogens is 190 g/mol. The predicted molar refractivity (Wildman–Crippen MR) is 55.3 cm³/mol. The van der Waals surface area contributed by atoms with Crippen molar-refractivity contribution in [3.8, 4) is 11.1 Å². The van der Waals surface area contributed by atoms with Crippen molar-refractivity contribution in [2.75, 3.05) is 0 Å². The maximum absolute atomic E-state index is 11.0. The molecule has 0 amide bonds. The van der Waals surface area contributed by atoms with Crippen LogP contribution >= 0.6 is 0 Å². The van der Waals surface area contributed by atoms with E-state index in [1.54, 1.807) is 24.7 Å². The maximum atomic E-state index is 11.0. The largest absolute Gasteiger partial charge is 0.293 e. The lowest BCUT2D eigenvalue weighted by molar-refractivity contribution is 0.101. The van der Waals surface area contributed by atoms with Crippen molar-refractivity contribution in [1.82, 2.24) is 15.0 Å². The molecule has 0 fully saturated rings. The number of nitrogens with zero attached hydrogens (tertiary/aromatic N) is 3. The average Bonchev–Trinajstić information content (AvgIpc) is 2.30. The molecule has 74 valence electrons. The highest BCUT2D eigenvalue weighted by atomic mass is 16.1. The third-order valence-electron chi connectivity index (χ3n) is 2.02. The van der Waals surface area contributed by atoms with E-state index in [9.17, 15) is 4.79 Å². The van der Waals surface area contributed by atoms with Gasteiger partial charge in [-0.3, -0.25) is 9.78 Å². The lowest BCUT2D eigenvalue weighted by Gasteiger charge is -2.00. The van der Waals surface area contributed by atoms with Gasteiger partial charge in [-0.15, -0.1) is 0 Å². The summed E-state index contributed by atoms with van der Waals surface area (Å²) in [5.41, 5.74) is 2.26. The molecule has 0 aliphatic rings. The SMILES string of the molecule is CC(=O)c1ccc(-c2cncnc2)cn1. The van der Waals surface area contributed by atoms with Gasteiger partial charge in [0.2, 0.25) is 0 Å². The molecule has 0 saturated heterocycles. The Morgan fingerprint density at radius 3 is 2.33 bits per heavy atom. The average molecular weight is 199 g/mol. The number of hydrogen-bond acceptors (Lipinski definition) is 4. The van der Waals surface area contributed by atoms with Crippen LogP contribution < -0.4 is 0 Å². The molecular formula is C11H9N3O. The Kier molecular flexibility index (Phi) is 2.49. The number of ketones is 1. The van der Waals surface area contributed by atoms with Crippen LogP contribution in [0.4, 0.5) is 0 Å². The number of aromatic nitrogens is 3. The molecule has 15 heavy (non-hydrogen) atoms. The van der Waals surface area contributed by atoms with Crippen LogP contribution in [0.15, 0.2) is 37.1 Å². The van der Waals surface area contributed by atoms with E-state index in [1.807, 2.05) is 6.07 Å². The molecule has 0 aliphatic heterocycles. The first kappa shape index (κ1) is 9.45. The van der Waals surface area contributed by atoms with Gasteiger partial charge in [-0.2, -0.15) is 0 Å². The van der Waals surface area contributed by atoms with Gasteiger partial charge in [0.25, 0.3) is 0 Å². The summed E-state index contributed by atoms with van der Waals surface area (Å²) in [4.78, 5) is 22.9. The first-order chi connectivity index (χ1) is 7.27. The smallest absolute Gasteiger partial charge is 0.178 e. The fourth-order valence-electron chi connectivity index (χ4n) is 1.22. The zero-order chi connectivity index (χ0) is 10.7. The summed E-state index contributed by atoms with van der Waals surface area (Å²) in [6.45, 7) is 1.49. The van der Waals surface area contributed by atoms with Crippen molar-refractivity contribution in [2.45, 2.75) is 6.92 Å². The fraction of sp³-hybridized carbons (Fsp3) is 0.0909. The van der Waals surface area contributed by atoms with Gasteiger partial charge in [-0.1, -0.05) is 6.07 Å². The molecule has 4 nitrogen and oxygen atoms in total. The summed E-state index contributed by atoms with van der Waals surface area (Å²) in [5.74, 6) is -0.0362. The molecule has 4 heteroatoms. The molecule has 0 aliphatic carbocycles. The Hall–Kier alpha value is -2.10. The highest BCUT2D eigenvalue weighted by Gasteiger charge is 2.02. The minimum absolute atomic E-state index is 0.0362. The lowest BCUT2D eigenvalue weighted by Crippen LogP contribution is -1.95. The minimum Gasteiger partial charge on any atom is -0.293 e. The van der Waals surface area contributed by atoms with Crippen LogP contribution in [-0.2, 0) is 0 Å². The molecule has 2 rings (SSSR count). The van der Waals surface area contributed by atoms with Crippen LogP contribution in [0.25, 0.3) is 11.1 Å². The summed E-state index contributed by atoms with van der Waals surface area (Å²) in [5, 5.41) is 0. The second-order valence-electron chi connectivity index (χ2n) is 3.12. The van der Waals surface area contributed by atoms with E-state index in [4.69, 9.17) is 0 Å². The van der Waals surface area contributed by atoms with E-state index >= 15 is 0 Å². The number of carbonyl (C=O) groups excluding carboxylic acids is 1. The Labute approximate surface area is 87.0 Å². The number of Topliss-reactive ketones (excluding diaryl/α,β-unsaturated/α-hetero) is 1. The number of hydrogen-bond donors (Lipinski definition) is 0. The molecule has 0 bridgehead atoms. The molecule has 0 unspecified atom stereocenters. The van der Waals surface area contributed by atoms with E-state index in [2.05, 4.69) is 15.0 Å². The van der Waals surface area contributed by atoms with Gasteiger partial charge in [0.15, 0.2) is 5.78 Å². The van der Waals surface area contributed by atoms with Gasteiger partial charge >= 0.3 is 0 Å². The number of carbonyl (C=O) groups is 1. The summed E-state index contributed by atoms with van der Waals surface area (Å²) in [7, 11) is 0. The monoisotopic (exact) mass is 199 g/mol. The van der Waals surface area contributed by atoms with Crippen molar-refractivity contribution in [3.05, 3.63) is 42.7 Å². The van der Waals surface area contributed by atoms with Crippen LogP contribution in [0.2, 0.25) is 0 Å². The van der Waals surface area contributed by atoms with Gasteiger partial charge in [-0.05, 0) is 6.07 Å². The standard InChI is InChI=1S/C11H9N3O/c1-8(15)11-3-2-9(6-14-11)10-4-12-7-13-5-10/h2-7H,1H3. The van der Waals surface area contributed by atoms with Crippen molar-refractivity contribution in [2.24, 2.45) is 0 Å². The molecule has 0 saturated carbocycles. The summed E-state index contributed by atoms with van der Waals surface area (Å²) < 4.78 is 0. The van der Waals surface area contributed by atoms with Crippen molar-refractivity contribution in [3.63, 3.8) is 0 Å². The van der Waals surface area contributed by atoms with Gasteiger partial charge < -0.3 is 0 Å². The van der Waals surface area contributed by atoms with Crippen LogP contribution in [0.5, 0.6) is 0 Å². The molecule has 2 aromatic rings. The number of pyridine rings is 1. The van der Waals surface area contributed by atoms with E-state index in [0.29, 0.717) is 5.69 Å². The molecule has 0 atom stereocenters. The van der Waals surface area contributed by atoms with E-state index < -0.39 is 0 Å². The third kappa shape index (κ3) is 2.04. The first-order valence-electron chi connectivity index (χ1n) is 4.50. The maximum Gasteiger partial charge on any atom is 0.178 e. The van der Waals surface area contributed by atoms with Gasteiger partial charge in [0.1, 0.15) is 12.0 Å². The summed E-state index contributed by atoms with van der Waals surface area (Å²) in [6.07, 6.45) is 6.53. The minimum atomic E-state index is -0.0362. The zero-order valence-corrected chi connectivity index (χ0v) is 8.21. The van der Waals surface area contributed by atoms with Crippen LogP contribution in [0.1, 0.15) is 17.4 Å². The summed E-state index contributed by atoms with van der Waals surface area (Å²) >= 11 is 0. The van der Waals surface area contributed by atoms with Gasteiger partial charge in [0, 0.05) is 36.6 Å². The van der Waals surface area contributed by atoms with Gasteiger partial charge in [-0.25, -0.2) is 9.97 Å². The zero-order valence-electron chi connectivity index (χ0n) is 8.21. The molecule has 0 spiro atoms. The lowest BCUT2D eigenvalue weighted by atomic mass is 10.1. The molecule has 0 N–H and O–H groups in total. The summed E-state index contributed by atoms with van der Waals surface area (Å²) in [6, 6.07) is 3.53. The third-order valence-corrected chi connectivity index (χ3v) is 2.02. The second kappa shape index (κ2) is 3.96. The predicted octanol–water partition coefficient (Wildman–Crippen LogP) is 1.74. The topological polar surface area (TPSA) is 55.7 Å². The van der Waals surface area contributed by atoms with Crippen LogP contribution in [0.3, 0.4) is 0 Å². The second-order valence-corrected chi connectivity index (χ2v) is 3.12. The Morgan fingerprint density at radius 2 is 1.80 bits per heavy atom. The van der Waals surface area contributed by atoms with Crippen molar-refractivity contribution < 1.29 is 4.79 Å². The quantitative estimate of drug-likeness (QED) is 0.691. The highest BCUT2D eigenvalue weighted by Crippen LogP contribution is 2.15. The van der Waals surface area contributed by atoms with E-state index in [0.717, 1.165) is 11.1 Å². The normalized spacial score (nSPS) is 9.93. The Bertz CT molecular complexity index is 465. The van der Waals surface area contributed by atoms with E-state index in [1.165, 1.54) is 13.3 Å². The first-order valence-corrected chi connectivity index (χ1v) is 4.50. The fourth-order valence-corrected chi connectivity index (χ4v) is 1.22. The Balaban J connectivity index is 2.36. The van der Waals surface area contributed by atoms with Crippen LogP contribution in [0, 0.1) is 0 Å². The Morgan fingerprint density at radius 1 is 1.07 bits per heavy atom. The highest BCUT2D eigenvalue weighted by molar-refractivity contribution is 5.92. The molecule has 0 radical (unpaired) electrons.